The van der Waals surface area contributed by atoms with E-state index in [4.69, 9.17) is 4.74 Å². The lowest BCUT2D eigenvalue weighted by Gasteiger charge is -2.25. The largest absolute Gasteiger partial charge is 0.452 e. The fourth-order valence-electron chi connectivity index (χ4n) is 2.79. The smallest absolute Gasteiger partial charge is 0.345 e. The van der Waals surface area contributed by atoms with E-state index in [1.54, 1.807) is 0 Å². The average molecular weight is 454 g/mol. The molecule has 0 bridgehead atoms. The summed E-state index contributed by atoms with van der Waals surface area (Å²) in [6.07, 6.45) is 3.65. The number of esters is 1. The van der Waals surface area contributed by atoms with Crippen molar-refractivity contribution in [1.29, 1.82) is 0 Å². The molecular formula is C17H18N4O7S2. The van der Waals surface area contributed by atoms with Crippen molar-refractivity contribution in [3.8, 4) is 0 Å². The van der Waals surface area contributed by atoms with Crippen molar-refractivity contribution < 1.29 is 27.7 Å². The van der Waals surface area contributed by atoms with Gasteiger partial charge in [-0.05, 0) is 48.4 Å². The number of anilines is 1. The minimum Gasteiger partial charge on any atom is -0.452 e. The molecule has 0 atom stereocenters. The Balaban J connectivity index is 1.55. The van der Waals surface area contributed by atoms with Gasteiger partial charge in [0.2, 0.25) is 10.0 Å². The normalized spacial score (nSPS) is 14.8. The van der Waals surface area contributed by atoms with E-state index in [1.165, 1.54) is 28.6 Å². The molecular weight excluding hydrogens is 436 g/mol. The Hall–Kier alpha value is -2.90. The van der Waals surface area contributed by atoms with E-state index in [0.717, 1.165) is 25.5 Å². The molecule has 1 amide bonds. The highest BCUT2D eigenvalue weighted by atomic mass is 32.2. The Bertz CT molecular complexity index is 1040. The summed E-state index contributed by atoms with van der Waals surface area (Å²) in [6.45, 7) is 0.326. The molecule has 1 aromatic heterocycles. The molecule has 2 heterocycles. The zero-order valence-corrected chi connectivity index (χ0v) is 17.3. The first-order chi connectivity index (χ1) is 14.3. The first-order valence-corrected chi connectivity index (χ1v) is 11.2. The summed E-state index contributed by atoms with van der Waals surface area (Å²) in [5, 5.41) is 12.7. The summed E-state index contributed by atoms with van der Waals surface area (Å²) in [5.74, 6) is -1.52. The minimum atomic E-state index is -3.61. The van der Waals surface area contributed by atoms with Crippen LogP contribution < -0.4 is 5.32 Å². The number of thiazole rings is 1. The Morgan fingerprint density at radius 1 is 1.20 bits per heavy atom. The second-order valence-electron chi connectivity index (χ2n) is 6.37. The van der Waals surface area contributed by atoms with Crippen LogP contribution in [0.5, 0.6) is 0 Å². The summed E-state index contributed by atoms with van der Waals surface area (Å²) in [5.41, 5.74) is 0.0882. The van der Waals surface area contributed by atoms with Gasteiger partial charge in [-0.15, -0.1) is 0 Å². The van der Waals surface area contributed by atoms with E-state index in [0.29, 0.717) is 24.4 Å². The summed E-state index contributed by atoms with van der Waals surface area (Å²) in [7, 11) is -3.61. The van der Waals surface area contributed by atoms with E-state index >= 15 is 0 Å². The summed E-state index contributed by atoms with van der Waals surface area (Å²) in [6, 6.07) is 5.30. The molecule has 0 unspecified atom stereocenters. The molecule has 1 fully saturated rings. The zero-order valence-electron chi connectivity index (χ0n) is 15.6. The van der Waals surface area contributed by atoms with Gasteiger partial charge in [0, 0.05) is 13.1 Å². The number of benzene rings is 1. The average Bonchev–Trinajstić information content (AvgIpc) is 3.21. The SMILES string of the molecule is O=C(COC(=O)c1ccc(S(=O)(=O)N2CCCCC2)cc1)Nc1ncc([N+](=O)[O-])s1. The molecule has 0 aliphatic carbocycles. The number of amides is 1. The number of aromatic nitrogens is 1. The molecule has 13 heteroatoms. The summed E-state index contributed by atoms with van der Waals surface area (Å²) < 4.78 is 31.5. The third-order valence-corrected chi connectivity index (χ3v) is 7.07. The molecule has 3 rings (SSSR count). The van der Waals surface area contributed by atoms with Crippen molar-refractivity contribution in [3.63, 3.8) is 0 Å². The van der Waals surface area contributed by atoms with E-state index in [-0.39, 0.29) is 20.6 Å². The lowest BCUT2D eigenvalue weighted by molar-refractivity contribution is -0.380. The molecule has 30 heavy (non-hydrogen) atoms. The maximum absolute atomic E-state index is 12.6. The second kappa shape index (κ2) is 9.28. The number of rotatable bonds is 7. The van der Waals surface area contributed by atoms with Crippen LogP contribution in [-0.2, 0) is 19.6 Å². The predicted molar refractivity (Wildman–Crippen MR) is 107 cm³/mol. The third-order valence-electron chi connectivity index (χ3n) is 4.30. The van der Waals surface area contributed by atoms with Gasteiger partial charge in [-0.25, -0.2) is 18.2 Å². The van der Waals surface area contributed by atoms with Crippen molar-refractivity contribution in [2.24, 2.45) is 0 Å². The maximum atomic E-state index is 12.6. The number of nitro groups is 1. The van der Waals surface area contributed by atoms with Crippen LogP contribution in [0.1, 0.15) is 29.6 Å². The fourth-order valence-corrected chi connectivity index (χ4v) is 4.96. The molecule has 11 nitrogen and oxygen atoms in total. The number of piperidine rings is 1. The van der Waals surface area contributed by atoms with Crippen LogP contribution in [0, 0.1) is 10.1 Å². The molecule has 160 valence electrons. The topological polar surface area (TPSA) is 149 Å². The van der Waals surface area contributed by atoms with Crippen LogP contribution in [0.25, 0.3) is 0 Å². The van der Waals surface area contributed by atoms with Crippen LogP contribution in [0.4, 0.5) is 10.1 Å². The third kappa shape index (κ3) is 5.17. The molecule has 1 aromatic carbocycles. The van der Waals surface area contributed by atoms with Crippen molar-refractivity contribution >= 4 is 43.4 Å². The highest BCUT2D eigenvalue weighted by Gasteiger charge is 2.26. The lowest BCUT2D eigenvalue weighted by atomic mass is 10.2. The highest BCUT2D eigenvalue weighted by Crippen LogP contribution is 2.25. The quantitative estimate of drug-likeness (QED) is 0.379. The van der Waals surface area contributed by atoms with Gasteiger partial charge in [0.05, 0.1) is 15.4 Å². The van der Waals surface area contributed by atoms with Gasteiger partial charge >= 0.3 is 11.0 Å². The number of carbonyl (C=O) groups excluding carboxylic acids is 2. The zero-order chi connectivity index (χ0) is 21.7. The molecule has 1 saturated heterocycles. The van der Waals surface area contributed by atoms with E-state index in [2.05, 4.69) is 10.3 Å². The maximum Gasteiger partial charge on any atom is 0.345 e. The predicted octanol–water partition coefficient (Wildman–Crippen LogP) is 2.02. The Labute approximate surface area is 175 Å². The van der Waals surface area contributed by atoms with E-state index in [9.17, 15) is 28.1 Å². The number of carbonyl (C=O) groups is 2. The van der Waals surface area contributed by atoms with E-state index in [1.807, 2.05) is 0 Å². The van der Waals surface area contributed by atoms with Crippen LogP contribution in [0.15, 0.2) is 35.4 Å². The van der Waals surface area contributed by atoms with Gasteiger partial charge in [0.15, 0.2) is 11.7 Å². The van der Waals surface area contributed by atoms with Gasteiger partial charge < -0.3 is 4.74 Å². The number of ether oxygens (including phenoxy) is 1. The molecule has 0 radical (unpaired) electrons. The van der Waals surface area contributed by atoms with Crippen molar-refractivity contribution in [3.05, 3.63) is 46.1 Å². The first-order valence-electron chi connectivity index (χ1n) is 8.95. The van der Waals surface area contributed by atoms with Gasteiger partial charge in [0.25, 0.3) is 5.91 Å². The van der Waals surface area contributed by atoms with Crippen molar-refractivity contribution in [1.82, 2.24) is 9.29 Å². The molecule has 1 aliphatic rings. The van der Waals surface area contributed by atoms with Crippen molar-refractivity contribution in [2.75, 3.05) is 25.0 Å². The number of hydrogen-bond acceptors (Lipinski definition) is 9. The summed E-state index contributed by atoms with van der Waals surface area (Å²) >= 11 is 0.672. The first kappa shape index (κ1) is 21.8. The van der Waals surface area contributed by atoms with Crippen molar-refractivity contribution in [2.45, 2.75) is 24.2 Å². The Morgan fingerprint density at radius 3 is 2.47 bits per heavy atom. The number of nitrogens with zero attached hydrogens (tertiary/aromatic N) is 3. The lowest BCUT2D eigenvalue weighted by Crippen LogP contribution is -2.35. The molecule has 0 saturated carbocycles. The van der Waals surface area contributed by atoms with E-state index < -0.39 is 33.4 Å². The highest BCUT2D eigenvalue weighted by molar-refractivity contribution is 7.89. The van der Waals surface area contributed by atoms with Crippen LogP contribution >= 0.6 is 11.3 Å². The van der Waals surface area contributed by atoms with Gasteiger partial charge in [-0.2, -0.15) is 4.31 Å². The second-order valence-corrected chi connectivity index (χ2v) is 9.32. The monoisotopic (exact) mass is 454 g/mol. The molecule has 1 aliphatic heterocycles. The number of hydrogen-bond donors (Lipinski definition) is 1. The number of nitrogens with one attached hydrogen (secondary N) is 1. The van der Waals surface area contributed by atoms with Crippen LogP contribution in [0.3, 0.4) is 0 Å². The molecule has 2 aromatic rings. The molecule has 1 N–H and O–H groups in total. The van der Waals surface area contributed by atoms with Gasteiger partial charge in [0.1, 0.15) is 6.20 Å². The number of sulfonamides is 1. The standard InChI is InChI=1S/C17H18N4O7S2/c22-14(19-17-18-10-15(29-17)21(24)25)11-28-16(23)12-4-6-13(7-5-12)30(26,27)20-8-2-1-3-9-20/h4-7,10H,1-3,8-9,11H2,(H,18,19,22). The molecule has 0 spiro atoms. The summed E-state index contributed by atoms with van der Waals surface area (Å²) in [4.78, 5) is 37.6. The minimum absolute atomic E-state index is 0.00928. The van der Waals surface area contributed by atoms with Gasteiger partial charge in [-0.1, -0.05) is 6.42 Å². The fraction of sp³-hybridized carbons (Fsp3) is 0.353. The Kier molecular flexibility index (Phi) is 6.74. The van der Waals surface area contributed by atoms with Crippen LogP contribution in [0.2, 0.25) is 0 Å². The van der Waals surface area contributed by atoms with Gasteiger partial charge in [-0.3, -0.25) is 20.2 Å². The Morgan fingerprint density at radius 2 is 1.87 bits per heavy atom. The van der Waals surface area contributed by atoms with Crippen LogP contribution in [-0.4, -0.2) is 54.2 Å².